The Morgan fingerprint density at radius 2 is 1.97 bits per heavy atom. The Morgan fingerprint density at radius 3 is 2.67 bits per heavy atom. The van der Waals surface area contributed by atoms with Gasteiger partial charge in [-0.15, -0.1) is 0 Å². The van der Waals surface area contributed by atoms with Gasteiger partial charge in [0, 0.05) is 43.1 Å². The third-order valence-corrected chi connectivity index (χ3v) is 7.00. The molecule has 3 N–H and O–H groups in total. The van der Waals surface area contributed by atoms with Crippen LogP contribution in [0.25, 0.3) is 22.9 Å². The number of sulfonamides is 1. The minimum absolute atomic E-state index is 0. The predicted molar refractivity (Wildman–Crippen MR) is 124 cm³/mol. The Bertz CT molecular complexity index is 1170. The largest absolute Gasteiger partial charge is 0.399 e. The SMILES string of the molecule is CCS(=O)(=O)N1CCN(c2cnc(C)c(-c3nc(-c4cccc(N)c4)n[nH]3)n2)CC1.[HH].[HH].[HH].[HH]. The molecule has 30 heavy (non-hydrogen) atoms. The normalized spacial score (nSPS) is 15.5. The molecule has 0 bridgehead atoms. The van der Waals surface area contributed by atoms with Gasteiger partial charge in [0.25, 0.3) is 0 Å². The van der Waals surface area contributed by atoms with E-state index < -0.39 is 10.0 Å². The molecule has 0 unspecified atom stereocenters. The van der Waals surface area contributed by atoms with Crippen LogP contribution in [-0.4, -0.2) is 69.8 Å². The summed E-state index contributed by atoms with van der Waals surface area (Å²) < 4.78 is 25.7. The lowest BCUT2D eigenvalue weighted by Crippen LogP contribution is -2.49. The zero-order valence-electron chi connectivity index (χ0n) is 16.9. The number of piperazine rings is 1. The first-order chi connectivity index (χ1) is 14.4. The summed E-state index contributed by atoms with van der Waals surface area (Å²) >= 11 is 0. The fourth-order valence-corrected chi connectivity index (χ4v) is 4.45. The van der Waals surface area contributed by atoms with E-state index in [1.54, 1.807) is 13.1 Å². The standard InChI is InChI=1S/C19H24N8O2S.4H2/c1-3-30(28,29)27-9-7-26(8-10-27)16-12-21-13(2)17(22-16)19-23-18(24-25-19)14-5-4-6-15(20)11-14;;;;/h4-6,11-12H,3,7-10,20H2,1-2H3,(H,23,24,25);4*1H. The fourth-order valence-electron chi connectivity index (χ4n) is 3.37. The molecule has 1 aromatic carbocycles. The van der Waals surface area contributed by atoms with Gasteiger partial charge in [0.15, 0.2) is 11.6 Å². The lowest BCUT2D eigenvalue weighted by atomic mass is 10.2. The van der Waals surface area contributed by atoms with Gasteiger partial charge in [-0.05, 0) is 26.0 Å². The van der Waals surface area contributed by atoms with E-state index in [0.717, 1.165) is 11.3 Å². The number of benzene rings is 1. The third-order valence-electron chi connectivity index (χ3n) is 5.12. The molecule has 3 aromatic rings. The molecule has 166 valence electrons. The number of nitrogens with zero attached hydrogens (tertiary/aromatic N) is 6. The quantitative estimate of drug-likeness (QED) is 0.582. The number of anilines is 2. The first-order valence-corrected chi connectivity index (χ1v) is 11.3. The maximum Gasteiger partial charge on any atom is 0.213 e. The number of rotatable bonds is 5. The monoisotopic (exact) mass is 436 g/mol. The molecule has 0 saturated carbocycles. The highest BCUT2D eigenvalue weighted by Crippen LogP contribution is 2.24. The molecule has 0 aliphatic carbocycles. The summed E-state index contributed by atoms with van der Waals surface area (Å²) in [6.07, 6.45) is 1.71. The van der Waals surface area contributed by atoms with Gasteiger partial charge in [-0.3, -0.25) is 10.1 Å². The zero-order chi connectivity index (χ0) is 21.3. The maximum absolute atomic E-state index is 12.1. The molecule has 4 rings (SSSR count). The molecule has 2 aromatic heterocycles. The van der Waals surface area contributed by atoms with Gasteiger partial charge in [0.2, 0.25) is 10.0 Å². The average molecular weight is 437 g/mol. The molecule has 0 amide bonds. The number of nitrogen functional groups attached to an aromatic ring is 1. The van der Waals surface area contributed by atoms with Crippen molar-refractivity contribution in [3.8, 4) is 22.9 Å². The van der Waals surface area contributed by atoms with Crippen LogP contribution in [0, 0.1) is 6.92 Å². The Morgan fingerprint density at radius 1 is 1.20 bits per heavy atom. The van der Waals surface area contributed by atoms with Crippen LogP contribution >= 0.6 is 0 Å². The first kappa shape index (κ1) is 20.2. The molecule has 3 heterocycles. The molecular weight excluding hydrogens is 404 g/mol. The summed E-state index contributed by atoms with van der Waals surface area (Å²) in [6, 6.07) is 7.36. The van der Waals surface area contributed by atoms with Crippen LogP contribution in [0.2, 0.25) is 0 Å². The van der Waals surface area contributed by atoms with Crippen molar-refractivity contribution in [3.05, 3.63) is 36.2 Å². The second kappa shape index (κ2) is 8.00. The van der Waals surface area contributed by atoms with Crippen molar-refractivity contribution in [1.82, 2.24) is 29.5 Å². The molecule has 1 fully saturated rings. The van der Waals surface area contributed by atoms with Crippen molar-refractivity contribution >= 4 is 21.5 Å². The van der Waals surface area contributed by atoms with Crippen molar-refractivity contribution in [2.24, 2.45) is 0 Å². The van der Waals surface area contributed by atoms with Crippen molar-refractivity contribution in [2.75, 3.05) is 42.6 Å². The van der Waals surface area contributed by atoms with E-state index in [4.69, 9.17) is 10.7 Å². The van der Waals surface area contributed by atoms with Gasteiger partial charge in [-0.1, -0.05) is 12.1 Å². The summed E-state index contributed by atoms with van der Waals surface area (Å²) in [4.78, 5) is 15.8. The molecule has 10 nitrogen and oxygen atoms in total. The number of aryl methyl sites for hydroxylation is 1. The highest BCUT2D eigenvalue weighted by atomic mass is 32.2. The van der Waals surface area contributed by atoms with Gasteiger partial charge >= 0.3 is 0 Å². The lowest BCUT2D eigenvalue weighted by Gasteiger charge is -2.34. The predicted octanol–water partition coefficient (Wildman–Crippen LogP) is 2.28. The Labute approximate surface area is 181 Å². The van der Waals surface area contributed by atoms with E-state index in [0.29, 0.717) is 55.0 Å². The van der Waals surface area contributed by atoms with Gasteiger partial charge < -0.3 is 10.6 Å². The number of nitrogens with two attached hydrogens (primary N) is 1. The van der Waals surface area contributed by atoms with Crippen LogP contribution in [0.15, 0.2) is 30.5 Å². The van der Waals surface area contributed by atoms with E-state index in [2.05, 4.69) is 20.2 Å². The molecule has 0 radical (unpaired) electrons. The molecule has 1 saturated heterocycles. The summed E-state index contributed by atoms with van der Waals surface area (Å²) in [5.41, 5.74) is 8.64. The number of aromatic amines is 1. The fraction of sp³-hybridized carbons (Fsp3) is 0.368. The number of aromatic nitrogens is 5. The summed E-state index contributed by atoms with van der Waals surface area (Å²) in [6.45, 7) is 5.50. The molecule has 0 atom stereocenters. The van der Waals surface area contributed by atoms with Crippen LogP contribution < -0.4 is 10.6 Å². The highest BCUT2D eigenvalue weighted by Gasteiger charge is 2.26. The molecule has 1 aliphatic rings. The minimum atomic E-state index is -3.17. The Kier molecular flexibility index (Phi) is 5.39. The van der Waals surface area contributed by atoms with Crippen molar-refractivity contribution in [3.63, 3.8) is 0 Å². The van der Waals surface area contributed by atoms with Crippen LogP contribution in [0.1, 0.15) is 18.3 Å². The number of hydrogen-bond acceptors (Lipinski definition) is 8. The highest BCUT2D eigenvalue weighted by molar-refractivity contribution is 7.89. The van der Waals surface area contributed by atoms with Gasteiger partial charge in [0.05, 0.1) is 17.6 Å². The number of nitrogens with one attached hydrogen (secondary N) is 1. The number of H-pyrrole nitrogens is 1. The van der Waals surface area contributed by atoms with Gasteiger partial charge in [-0.25, -0.2) is 18.4 Å². The summed E-state index contributed by atoms with van der Waals surface area (Å²) in [5.74, 6) is 1.85. The minimum Gasteiger partial charge on any atom is -0.399 e. The van der Waals surface area contributed by atoms with E-state index in [9.17, 15) is 8.42 Å². The summed E-state index contributed by atoms with van der Waals surface area (Å²) in [5, 5.41) is 7.22. The zero-order valence-corrected chi connectivity index (χ0v) is 17.7. The van der Waals surface area contributed by atoms with Crippen LogP contribution in [0.4, 0.5) is 11.5 Å². The Balaban J connectivity index is 0.00000272. The van der Waals surface area contributed by atoms with Gasteiger partial charge in [0.1, 0.15) is 11.5 Å². The Hall–Kier alpha value is -3.05. The second-order valence-electron chi connectivity index (χ2n) is 7.08. The van der Waals surface area contributed by atoms with E-state index in [-0.39, 0.29) is 11.5 Å². The van der Waals surface area contributed by atoms with E-state index in [1.165, 1.54) is 4.31 Å². The van der Waals surface area contributed by atoms with Gasteiger partial charge in [-0.2, -0.15) is 9.40 Å². The van der Waals surface area contributed by atoms with Crippen molar-refractivity contribution < 1.29 is 14.1 Å². The molecular formula is C19H32N8O2S. The average Bonchev–Trinajstić information content (AvgIpc) is 3.24. The lowest BCUT2D eigenvalue weighted by molar-refractivity contribution is 0.384. The molecule has 0 spiro atoms. The maximum atomic E-state index is 12.1. The van der Waals surface area contributed by atoms with Crippen molar-refractivity contribution in [2.45, 2.75) is 13.8 Å². The van der Waals surface area contributed by atoms with E-state index in [1.807, 2.05) is 36.1 Å². The van der Waals surface area contributed by atoms with Crippen LogP contribution in [0.5, 0.6) is 0 Å². The van der Waals surface area contributed by atoms with Crippen LogP contribution in [-0.2, 0) is 10.0 Å². The number of hydrogen-bond donors (Lipinski definition) is 2. The summed E-state index contributed by atoms with van der Waals surface area (Å²) in [7, 11) is -3.17. The van der Waals surface area contributed by atoms with Crippen LogP contribution in [0.3, 0.4) is 0 Å². The molecule has 11 heteroatoms. The topological polar surface area (TPSA) is 134 Å². The second-order valence-corrected chi connectivity index (χ2v) is 9.34. The van der Waals surface area contributed by atoms with E-state index >= 15 is 0 Å². The van der Waals surface area contributed by atoms with Crippen molar-refractivity contribution in [1.29, 1.82) is 0 Å². The smallest absolute Gasteiger partial charge is 0.213 e. The first-order valence-electron chi connectivity index (χ1n) is 9.72. The third kappa shape index (κ3) is 3.98. The molecule has 1 aliphatic heterocycles.